The van der Waals surface area contributed by atoms with Crippen LogP contribution < -0.4 is 10.2 Å². The molecule has 1 atom stereocenters. The molecule has 0 unspecified atom stereocenters. The molecule has 5 heteroatoms. The highest BCUT2D eigenvalue weighted by atomic mass is 16.4. The largest absolute Gasteiger partial charge is 0.480 e. The molecule has 0 saturated heterocycles. The molecule has 17 heavy (non-hydrogen) atoms. The maximum atomic E-state index is 11.9. The minimum Gasteiger partial charge on any atom is -0.480 e. The number of benzene rings is 1. The van der Waals surface area contributed by atoms with E-state index in [2.05, 4.69) is 5.32 Å². The first-order chi connectivity index (χ1) is 8.15. The van der Waals surface area contributed by atoms with Crippen LogP contribution in [0.4, 0.5) is 10.5 Å². The summed E-state index contributed by atoms with van der Waals surface area (Å²) in [7, 11) is 0. The Kier molecular flexibility index (Phi) is 2.99. The Morgan fingerprint density at radius 2 is 2.18 bits per heavy atom. The number of rotatable bonds is 2. The molecule has 1 aromatic rings. The Hall–Kier alpha value is -2.04. The molecular weight excluding hydrogens is 220 g/mol. The van der Waals surface area contributed by atoms with Gasteiger partial charge in [-0.1, -0.05) is 18.2 Å². The topological polar surface area (TPSA) is 69.6 Å². The number of hydrogen-bond acceptors (Lipinski definition) is 2. The van der Waals surface area contributed by atoms with Crippen molar-refractivity contribution < 1.29 is 14.7 Å². The molecule has 0 fully saturated rings. The zero-order valence-electron chi connectivity index (χ0n) is 9.51. The molecule has 1 heterocycles. The maximum absolute atomic E-state index is 11.9. The van der Waals surface area contributed by atoms with Crippen molar-refractivity contribution in [2.24, 2.45) is 0 Å². The molecular formula is C12H14N2O3. The molecule has 0 bridgehead atoms. The third-order valence-corrected chi connectivity index (χ3v) is 2.81. The number of fused-ring (bicyclic) bond motifs is 1. The van der Waals surface area contributed by atoms with Gasteiger partial charge >= 0.3 is 12.0 Å². The van der Waals surface area contributed by atoms with Crippen LogP contribution in [0.2, 0.25) is 0 Å². The summed E-state index contributed by atoms with van der Waals surface area (Å²) in [5.41, 5.74) is 1.58. The fourth-order valence-corrected chi connectivity index (χ4v) is 2.07. The number of nitrogens with zero attached hydrogens (tertiary/aromatic N) is 1. The van der Waals surface area contributed by atoms with Gasteiger partial charge in [-0.15, -0.1) is 0 Å². The van der Waals surface area contributed by atoms with Crippen LogP contribution in [-0.4, -0.2) is 29.7 Å². The van der Waals surface area contributed by atoms with Crippen LogP contribution in [0.1, 0.15) is 12.5 Å². The first-order valence-electron chi connectivity index (χ1n) is 5.53. The number of para-hydroxylation sites is 1. The van der Waals surface area contributed by atoms with Crippen molar-refractivity contribution in [1.82, 2.24) is 5.32 Å². The number of carboxylic acid groups (broad SMARTS) is 1. The molecule has 5 nitrogen and oxygen atoms in total. The number of carbonyl (C=O) groups is 2. The van der Waals surface area contributed by atoms with Crippen LogP contribution >= 0.6 is 0 Å². The molecule has 0 spiro atoms. The highest BCUT2D eigenvalue weighted by Crippen LogP contribution is 2.31. The first-order valence-corrected chi connectivity index (χ1v) is 5.53. The molecule has 2 rings (SSSR count). The van der Waals surface area contributed by atoms with E-state index in [4.69, 9.17) is 5.11 Å². The normalized spacial score (nSPS) is 17.7. The molecule has 90 valence electrons. The van der Waals surface area contributed by atoms with E-state index in [-0.39, 0.29) is 6.03 Å². The van der Waals surface area contributed by atoms with Crippen LogP contribution in [0.25, 0.3) is 0 Å². The fourth-order valence-electron chi connectivity index (χ4n) is 2.07. The fraction of sp³-hybridized carbons (Fsp3) is 0.333. The SMILES string of the molecule is CCNC(=O)N1c2ccccc2C[C@H]1C(=O)O. The number of amides is 2. The lowest BCUT2D eigenvalue weighted by Crippen LogP contribution is -2.47. The second-order valence-electron chi connectivity index (χ2n) is 3.89. The third kappa shape index (κ3) is 1.95. The van der Waals surface area contributed by atoms with Gasteiger partial charge in [-0.25, -0.2) is 9.59 Å². The van der Waals surface area contributed by atoms with Crippen molar-refractivity contribution in [3.63, 3.8) is 0 Å². The number of aliphatic carboxylic acids is 1. The van der Waals surface area contributed by atoms with E-state index in [1.54, 1.807) is 19.1 Å². The molecule has 1 aromatic carbocycles. The average Bonchev–Trinajstić information content (AvgIpc) is 2.68. The zero-order valence-corrected chi connectivity index (χ0v) is 9.51. The van der Waals surface area contributed by atoms with Gasteiger partial charge in [-0.3, -0.25) is 4.90 Å². The van der Waals surface area contributed by atoms with E-state index in [1.165, 1.54) is 4.90 Å². The minimum atomic E-state index is -0.979. The number of urea groups is 1. The van der Waals surface area contributed by atoms with E-state index in [0.29, 0.717) is 18.7 Å². The lowest BCUT2D eigenvalue weighted by atomic mass is 10.1. The van der Waals surface area contributed by atoms with Crippen LogP contribution in [0.3, 0.4) is 0 Å². The van der Waals surface area contributed by atoms with E-state index in [9.17, 15) is 9.59 Å². The van der Waals surface area contributed by atoms with E-state index >= 15 is 0 Å². The lowest BCUT2D eigenvalue weighted by Gasteiger charge is -2.22. The number of carbonyl (C=O) groups excluding carboxylic acids is 1. The summed E-state index contributed by atoms with van der Waals surface area (Å²) < 4.78 is 0. The van der Waals surface area contributed by atoms with Crippen molar-refractivity contribution in [2.75, 3.05) is 11.4 Å². The minimum absolute atomic E-state index is 0.357. The van der Waals surface area contributed by atoms with Crippen molar-refractivity contribution in [1.29, 1.82) is 0 Å². The smallest absolute Gasteiger partial charge is 0.327 e. The second kappa shape index (κ2) is 4.45. The standard InChI is InChI=1S/C12H14N2O3/c1-2-13-12(17)14-9-6-4-3-5-8(9)7-10(14)11(15)16/h3-6,10H,2,7H2,1H3,(H,13,17)(H,15,16)/t10-/m0/s1. The predicted octanol–water partition coefficient (Wildman–Crippen LogP) is 1.23. The maximum Gasteiger partial charge on any atom is 0.327 e. The summed E-state index contributed by atoms with van der Waals surface area (Å²) in [6.07, 6.45) is 0.364. The summed E-state index contributed by atoms with van der Waals surface area (Å²) in [6.45, 7) is 2.28. The summed E-state index contributed by atoms with van der Waals surface area (Å²) in [4.78, 5) is 24.4. The van der Waals surface area contributed by atoms with Gasteiger partial charge in [0.05, 0.1) is 0 Å². The molecule has 0 saturated carbocycles. The quantitative estimate of drug-likeness (QED) is 0.808. The van der Waals surface area contributed by atoms with E-state index in [0.717, 1.165) is 5.56 Å². The van der Waals surface area contributed by atoms with E-state index < -0.39 is 12.0 Å². The van der Waals surface area contributed by atoms with Crippen LogP contribution in [0, 0.1) is 0 Å². The monoisotopic (exact) mass is 234 g/mol. The summed E-state index contributed by atoms with van der Waals surface area (Å²) in [6, 6.07) is 6.11. The Morgan fingerprint density at radius 3 is 2.82 bits per heavy atom. The van der Waals surface area contributed by atoms with Gasteiger partial charge in [0.2, 0.25) is 0 Å². The van der Waals surface area contributed by atoms with Crippen LogP contribution in [0.5, 0.6) is 0 Å². The molecule has 0 aromatic heterocycles. The molecule has 1 aliphatic heterocycles. The average molecular weight is 234 g/mol. The van der Waals surface area contributed by atoms with Crippen molar-refractivity contribution in [3.8, 4) is 0 Å². The highest BCUT2D eigenvalue weighted by Gasteiger charge is 2.37. The number of anilines is 1. The van der Waals surface area contributed by atoms with Crippen molar-refractivity contribution in [3.05, 3.63) is 29.8 Å². The van der Waals surface area contributed by atoms with Gasteiger partial charge in [0.15, 0.2) is 0 Å². The van der Waals surface area contributed by atoms with E-state index in [1.807, 2.05) is 12.1 Å². The first kappa shape index (κ1) is 11.4. The number of nitrogens with one attached hydrogen (secondary N) is 1. The summed E-state index contributed by atoms with van der Waals surface area (Å²) in [5, 5.41) is 11.8. The van der Waals surface area contributed by atoms with Gasteiger partial charge in [0, 0.05) is 18.7 Å². The number of hydrogen-bond donors (Lipinski definition) is 2. The lowest BCUT2D eigenvalue weighted by molar-refractivity contribution is -0.138. The predicted molar refractivity (Wildman–Crippen MR) is 63.1 cm³/mol. The Morgan fingerprint density at radius 1 is 1.47 bits per heavy atom. The molecule has 0 radical (unpaired) electrons. The van der Waals surface area contributed by atoms with Gasteiger partial charge in [0.25, 0.3) is 0 Å². The van der Waals surface area contributed by atoms with Gasteiger partial charge in [-0.2, -0.15) is 0 Å². The van der Waals surface area contributed by atoms with Gasteiger partial charge < -0.3 is 10.4 Å². The molecule has 0 aliphatic carbocycles. The van der Waals surface area contributed by atoms with Crippen LogP contribution in [0.15, 0.2) is 24.3 Å². The summed E-state index contributed by atoms with van der Waals surface area (Å²) >= 11 is 0. The van der Waals surface area contributed by atoms with Gasteiger partial charge in [-0.05, 0) is 18.6 Å². The highest BCUT2D eigenvalue weighted by molar-refractivity contribution is 6.00. The Labute approximate surface area is 99.0 Å². The van der Waals surface area contributed by atoms with Crippen molar-refractivity contribution >= 4 is 17.7 Å². The van der Waals surface area contributed by atoms with Gasteiger partial charge in [0.1, 0.15) is 6.04 Å². The molecule has 2 N–H and O–H groups in total. The summed E-state index contributed by atoms with van der Waals surface area (Å²) in [5.74, 6) is -0.979. The van der Waals surface area contributed by atoms with Crippen molar-refractivity contribution in [2.45, 2.75) is 19.4 Å². The second-order valence-corrected chi connectivity index (χ2v) is 3.89. The third-order valence-electron chi connectivity index (χ3n) is 2.81. The number of carboxylic acids is 1. The van der Waals surface area contributed by atoms with Crippen LogP contribution in [-0.2, 0) is 11.2 Å². The molecule has 2 amide bonds. The Bertz CT molecular complexity index is 459. The zero-order chi connectivity index (χ0) is 12.4. The Balaban J connectivity index is 2.37. The molecule has 1 aliphatic rings.